The van der Waals surface area contributed by atoms with Crippen LogP contribution in [0, 0.1) is 0 Å². The van der Waals surface area contributed by atoms with Gasteiger partial charge in [-0.05, 0) is 47.2 Å². The maximum Gasteiger partial charge on any atom is 0.157 e. The number of phenolic OH excluding ortho intramolecular Hbond substituents is 1. The number of halogens is 2. The van der Waals surface area contributed by atoms with E-state index in [1.165, 1.54) is 0 Å². The number of hydrogen-bond acceptors (Lipinski definition) is 3. The number of phenols is 1. The van der Waals surface area contributed by atoms with Crippen LogP contribution in [0.5, 0.6) is 11.5 Å². The number of carbonyl (C=O) groups is 1. The van der Waals surface area contributed by atoms with E-state index in [4.69, 9.17) is 4.74 Å². The van der Waals surface area contributed by atoms with Crippen molar-refractivity contribution >= 4 is 38.1 Å². The maximum atomic E-state index is 10.4. The Hall–Kier alpha value is -1.33. The molecule has 0 aliphatic rings. The Kier molecular flexibility index (Phi) is 6.25. The van der Waals surface area contributed by atoms with Crippen molar-refractivity contribution in [2.24, 2.45) is 0 Å². The smallest absolute Gasteiger partial charge is 0.157 e. The van der Waals surface area contributed by atoms with Gasteiger partial charge in [-0.2, -0.15) is 0 Å². The largest absolute Gasteiger partial charge is 0.508 e. The Morgan fingerprint density at radius 1 is 1.17 bits per heavy atom. The molecule has 0 amide bonds. The van der Waals surface area contributed by atoms with Gasteiger partial charge in [-0.3, -0.25) is 4.79 Å². The summed E-state index contributed by atoms with van der Waals surface area (Å²) in [6.07, 6.45) is 1.44. The van der Waals surface area contributed by atoms with E-state index in [1.54, 1.807) is 6.07 Å². The van der Waals surface area contributed by atoms with Gasteiger partial charge in [-0.1, -0.05) is 57.8 Å². The van der Waals surface area contributed by atoms with Crippen molar-refractivity contribution in [3.63, 3.8) is 0 Å². The molecule has 0 saturated carbocycles. The fraction of sp³-hybridized carbons (Fsp3) is 0.278. The standard InChI is InChI=1S/C18H18Br2O3/c1-11(2)14-7-12(3-4-18(14)22)8-15-16(19)9-13(10-17(15)20)23-6-5-21/h3-5,7,9-11,22H,6,8H2,1-2H3. The van der Waals surface area contributed by atoms with Crippen molar-refractivity contribution < 1.29 is 14.6 Å². The molecule has 0 spiro atoms. The normalized spacial score (nSPS) is 10.8. The Balaban J connectivity index is 2.30. The molecule has 3 nitrogen and oxygen atoms in total. The van der Waals surface area contributed by atoms with E-state index < -0.39 is 0 Å². The first-order chi connectivity index (χ1) is 10.9. The van der Waals surface area contributed by atoms with Crippen LogP contribution in [-0.2, 0) is 11.2 Å². The Morgan fingerprint density at radius 3 is 2.39 bits per heavy atom. The second-order valence-corrected chi connectivity index (χ2v) is 7.28. The fourth-order valence-electron chi connectivity index (χ4n) is 2.34. The summed E-state index contributed by atoms with van der Waals surface area (Å²) in [5, 5.41) is 9.94. The lowest BCUT2D eigenvalue weighted by atomic mass is 9.96. The summed E-state index contributed by atoms with van der Waals surface area (Å²) in [5.74, 6) is 1.23. The van der Waals surface area contributed by atoms with Gasteiger partial charge in [0.05, 0.1) is 0 Å². The van der Waals surface area contributed by atoms with Crippen molar-refractivity contribution in [2.75, 3.05) is 6.61 Å². The zero-order valence-electron chi connectivity index (χ0n) is 13.0. The maximum absolute atomic E-state index is 10.4. The van der Waals surface area contributed by atoms with Crippen LogP contribution in [0.4, 0.5) is 0 Å². The van der Waals surface area contributed by atoms with E-state index in [2.05, 4.69) is 45.7 Å². The van der Waals surface area contributed by atoms with E-state index in [0.717, 1.165) is 38.3 Å². The molecule has 0 aliphatic carbocycles. The predicted molar refractivity (Wildman–Crippen MR) is 98.4 cm³/mol. The van der Waals surface area contributed by atoms with Gasteiger partial charge in [-0.25, -0.2) is 0 Å². The summed E-state index contributed by atoms with van der Waals surface area (Å²) >= 11 is 7.12. The number of rotatable bonds is 6. The number of ether oxygens (including phenoxy) is 1. The minimum Gasteiger partial charge on any atom is -0.508 e. The molecular formula is C18H18Br2O3. The Bertz CT molecular complexity index is 688. The summed E-state index contributed by atoms with van der Waals surface area (Å²) in [7, 11) is 0. The molecule has 0 unspecified atom stereocenters. The molecule has 2 aromatic rings. The monoisotopic (exact) mass is 440 g/mol. The number of aldehydes is 1. The third-order valence-corrected chi connectivity index (χ3v) is 4.94. The molecule has 0 atom stereocenters. The van der Waals surface area contributed by atoms with Gasteiger partial charge in [0.2, 0.25) is 0 Å². The molecule has 0 heterocycles. The molecule has 0 aliphatic heterocycles. The van der Waals surface area contributed by atoms with E-state index in [9.17, 15) is 9.90 Å². The molecule has 122 valence electrons. The van der Waals surface area contributed by atoms with Crippen LogP contribution in [0.25, 0.3) is 0 Å². The van der Waals surface area contributed by atoms with Crippen LogP contribution in [-0.4, -0.2) is 18.0 Å². The molecule has 0 fully saturated rings. The van der Waals surface area contributed by atoms with Crippen LogP contribution >= 0.6 is 31.9 Å². The molecule has 0 bridgehead atoms. The van der Waals surface area contributed by atoms with Gasteiger partial charge in [0.1, 0.15) is 18.1 Å². The first-order valence-electron chi connectivity index (χ1n) is 7.28. The molecule has 23 heavy (non-hydrogen) atoms. The van der Waals surface area contributed by atoms with E-state index >= 15 is 0 Å². The van der Waals surface area contributed by atoms with Gasteiger partial charge in [-0.15, -0.1) is 0 Å². The van der Waals surface area contributed by atoms with Gasteiger partial charge in [0, 0.05) is 8.95 Å². The SMILES string of the molecule is CC(C)c1cc(Cc2c(Br)cc(OCC=O)cc2Br)ccc1O. The molecule has 0 aromatic heterocycles. The van der Waals surface area contributed by atoms with Crippen LogP contribution in [0.3, 0.4) is 0 Å². The number of carbonyl (C=O) groups excluding carboxylic acids is 1. The quantitative estimate of drug-likeness (QED) is 0.626. The van der Waals surface area contributed by atoms with Crippen molar-refractivity contribution in [3.05, 3.63) is 56.0 Å². The summed E-state index contributed by atoms with van der Waals surface area (Å²) in [4.78, 5) is 10.4. The van der Waals surface area contributed by atoms with E-state index in [1.807, 2.05) is 24.3 Å². The summed E-state index contributed by atoms with van der Waals surface area (Å²) in [6.45, 7) is 4.15. The average Bonchev–Trinajstić information content (AvgIpc) is 2.50. The van der Waals surface area contributed by atoms with Gasteiger partial charge < -0.3 is 9.84 Å². The lowest BCUT2D eigenvalue weighted by Crippen LogP contribution is -2.00. The van der Waals surface area contributed by atoms with Gasteiger partial charge in [0.25, 0.3) is 0 Å². The zero-order valence-corrected chi connectivity index (χ0v) is 16.1. The Morgan fingerprint density at radius 2 is 1.83 bits per heavy atom. The number of aromatic hydroxyl groups is 1. The molecule has 0 radical (unpaired) electrons. The Labute approximate surface area is 152 Å². The third-order valence-electron chi connectivity index (χ3n) is 3.53. The number of benzene rings is 2. The topological polar surface area (TPSA) is 46.5 Å². The molecule has 2 aromatic carbocycles. The molecular weight excluding hydrogens is 424 g/mol. The fourth-order valence-corrected chi connectivity index (χ4v) is 3.77. The first kappa shape index (κ1) is 18.0. The summed E-state index contributed by atoms with van der Waals surface area (Å²) in [5.41, 5.74) is 3.15. The van der Waals surface area contributed by atoms with Crippen LogP contribution in [0.1, 0.15) is 36.5 Å². The molecule has 5 heteroatoms. The average molecular weight is 442 g/mol. The summed E-state index contributed by atoms with van der Waals surface area (Å²) in [6, 6.07) is 9.42. The zero-order chi connectivity index (χ0) is 17.0. The van der Waals surface area contributed by atoms with Gasteiger partial charge >= 0.3 is 0 Å². The second kappa shape index (κ2) is 7.97. The second-order valence-electron chi connectivity index (χ2n) is 5.57. The lowest BCUT2D eigenvalue weighted by Gasteiger charge is -2.13. The highest BCUT2D eigenvalue weighted by atomic mass is 79.9. The molecule has 1 N–H and O–H groups in total. The molecule has 0 saturated heterocycles. The lowest BCUT2D eigenvalue weighted by molar-refractivity contribution is -0.109. The first-order valence-corrected chi connectivity index (χ1v) is 8.87. The van der Waals surface area contributed by atoms with E-state index in [-0.39, 0.29) is 12.5 Å². The van der Waals surface area contributed by atoms with Crippen molar-refractivity contribution in [3.8, 4) is 11.5 Å². The highest BCUT2D eigenvalue weighted by Crippen LogP contribution is 2.34. The van der Waals surface area contributed by atoms with Crippen molar-refractivity contribution in [1.82, 2.24) is 0 Å². The minimum absolute atomic E-state index is 0.0357. The highest BCUT2D eigenvalue weighted by molar-refractivity contribution is 9.11. The third kappa shape index (κ3) is 4.58. The van der Waals surface area contributed by atoms with E-state index in [0.29, 0.717) is 11.5 Å². The summed E-state index contributed by atoms with van der Waals surface area (Å²) < 4.78 is 7.15. The minimum atomic E-state index is 0.0357. The highest BCUT2D eigenvalue weighted by Gasteiger charge is 2.12. The number of hydrogen-bond donors (Lipinski definition) is 1. The van der Waals surface area contributed by atoms with Crippen LogP contribution in [0.15, 0.2) is 39.3 Å². The molecule has 2 rings (SSSR count). The predicted octanol–water partition coefficient (Wildman–Crippen LogP) is 5.21. The van der Waals surface area contributed by atoms with Crippen LogP contribution < -0.4 is 4.74 Å². The van der Waals surface area contributed by atoms with Gasteiger partial charge in [0.15, 0.2) is 6.29 Å². The van der Waals surface area contributed by atoms with Crippen LogP contribution in [0.2, 0.25) is 0 Å². The van der Waals surface area contributed by atoms with Crippen molar-refractivity contribution in [2.45, 2.75) is 26.2 Å². The van der Waals surface area contributed by atoms with Crippen molar-refractivity contribution in [1.29, 1.82) is 0 Å².